The third kappa shape index (κ3) is 6.12. The molecule has 0 unspecified atom stereocenters. The normalized spacial score (nSPS) is 11.0. The maximum atomic E-state index is 14.3. The molecular weight excluding hydrogens is 463 g/mol. The Balaban J connectivity index is 1.92. The molecule has 0 atom stereocenters. The number of anilines is 1. The smallest absolute Gasteiger partial charge is 0.262 e. The highest BCUT2D eigenvalue weighted by atomic mass is 35.5. The summed E-state index contributed by atoms with van der Waals surface area (Å²) >= 11 is 7.20. The van der Waals surface area contributed by atoms with Crippen LogP contribution in [-0.4, -0.2) is 27.8 Å². The van der Waals surface area contributed by atoms with Crippen molar-refractivity contribution in [1.82, 2.24) is 9.55 Å². The summed E-state index contributed by atoms with van der Waals surface area (Å²) in [6.07, 6.45) is 0.836. The minimum absolute atomic E-state index is 0.0660. The molecule has 1 heterocycles. The lowest BCUT2D eigenvalue weighted by atomic mass is 10.1. The van der Waals surface area contributed by atoms with Gasteiger partial charge >= 0.3 is 0 Å². The first-order valence-electron chi connectivity index (χ1n) is 10.6. The van der Waals surface area contributed by atoms with Crippen molar-refractivity contribution in [3.05, 3.63) is 63.7 Å². The third-order valence-electron chi connectivity index (χ3n) is 5.03. The Morgan fingerprint density at radius 1 is 1.30 bits per heavy atom. The van der Waals surface area contributed by atoms with E-state index in [2.05, 4.69) is 18.8 Å². The van der Waals surface area contributed by atoms with Gasteiger partial charge in [0.05, 0.1) is 34.8 Å². The van der Waals surface area contributed by atoms with Crippen LogP contribution in [0.15, 0.2) is 52.4 Å². The Morgan fingerprint density at radius 3 is 2.76 bits per heavy atom. The Morgan fingerprint density at radius 2 is 2.06 bits per heavy atom. The van der Waals surface area contributed by atoms with Crippen LogP contribution >= 0.6 is 23.4 Å². The van der Waals surface area contributed by atoms with E-state index in [4.69, 9.17) is 16.9 Å². The summed E-state index contributed by atoms with van der Waals surface area (Å²) in [5.74, 6) is -0.614. The van der Waals surface area contributed by atoms with Crippen molar-refractivity contribution in [2.24, 2.45) is 5.92 Å². The number of halogens is 2. The number of carbonyl (C=O) groups is 1. The van der Waals surface area contributed by atoms with Crippen LogP contribution < -0.4 is 10.5 Å². The van der Waals surface area contributed by atoms with Crippen molar-refractivity contribution >= 4 is 45.9 Å². The van der Waals surface area contributed by atoms with Crippen LogP contribution in [0.2, 0.25) is 5.02 Å². The van der Waals surface area contributed by atoms with E-state index in [1.165, 1.54) is 23.1 Å². The Labute approximate surface area is 201 Å². The van der Waals surface area contributed by atoms with Crippen molar-refractivity contribution in [3.8, 4) is 6.07 Å². The number of carbonyl (C=O) groups excluding carboxylic acids is 1. The zero-order valence-electron chi connectivity index (χ0n) is 18.4. The Bertz CT molecular complexity index is 1260. The number of thioether (sulfide) groups is 1. The molecule has 0 N–H and O–H groups in total. The minimum Gasteiger partial charge on any atom is -0.308 e. The van der Waals surface area contributed by atoms with E-state index in [0.717, 1.165) is 18.2 Å². The highest BCUT2D eigenvalue weighted by Gasteiger charge is 2.21. The van der Waals surface area contributed by atoms with Gasteiger partial charge in [-0.2, -0.15) is 5.26 Å². The number of aromatic nitrogens is 2. The molecule has 0 aliphatic heterocycles. The largest absolute Gasteiger partial charge is 0.308 e. The number of hydrogen-bond acceptors (Lipinski definition) is 5. The van der Waals surface area contributed by atoms with Gasteiger partial charge in [-0.1, -0.05) is 49.3 Å². The van der Waals surface area contributed by atoms with Gasteiger partial charge in [0.1, 0.15) is 5.82 Å². The molecule has 0 aliphatic rings. The molecule has 0 spiro atoms. The van der Waals surface area contributed by atoms with Gasteiger partial charge in [-0.05, 0) is 42.7 Å². The topological polar surface area (TPSA) is 79.0 Å². The highest BCUT2D eigenvalue weighted by Crippen LogP contribution is 2.24. The summed E-state index contributed by atoms with van der Waals surface area (Å²) in [7, 11) is 0. The predicted molar refractivity (Wildman–Crippen MR) is 130 cm³/mol. The molecule has 0 saturated carbocycles. The fraction of sp³-hybridized carbons (Fsp3) is 0.333. The summed E-state index contributed by atoms with van der Waals surface area (Å²) in [5.41, 5.74) is 0.384. The molecule has 0 bridgehead atoms. The van der Waals surface area contributed by atoms with Crippen molar-refractivity contribution in [2.45, 2.75) is 38.4 Å². The first kappa shape index (κ1) is 24.7. The molecular formula is C24H24ClFN4O2S. The van der Waals surface area contributed by atoms with Gasteiger partial charge < -0.3 is 4.90 Å². The standard InChI is InChI=1S/C24H24ClFN4O2S/c1-16(2)10-13-30-23(32)18-9-8-17(25)14-20(18)28-24(30)33-15-22(31)29(12-5-11-27)21-7-4-3-6-19(21)26/h3-4,6-9,14,16H,5,10,12-13,15H2,1-2H3. The number of fused-ring (bicyclic) bond motifs is 1. The number of nitrogens with zero attached hydrogens (tertiary/aromatic N) is 4. The number of para-hydroxylation sites is 1. The van der Waals surface area contributed by atoms with Gasteiger partial charge in [0.2, 0.25) is 5.91 Å². The summed E-state index contributed by atoms with van der Waals surface area (Å²) < 4.78 is 15.9. The second-order valence-electron chi connectivity index (χ2n) is 7.89. The van der Waals surface area contributed by atoms with Gasteiger partial charge in [0.25, 0.3) is 5.56 Å². The summed E-state index contributed by atoms with van der Waals surface area (Å²) in [6, 6.07) is 12.9. The second kappa shape index (κ2) is 11.3. The van der Waals surface area contributed by atoms with E-state index >= 15 is 0 Å². The molecule has 2 aromatic carbocycles. The fourth-order valence-corrected chi connectivity index (χ4v) is 4.35. The predicted octanol–water partition coefficient (Wildman–Crippen LogP) is 5.27. The second-order valence-corrected chi connectivity index (χ2v) is 9.27. The SMILES string of the molecule is CC(C)CCn1c(SCC(=O)N(CCC#N)c2ccccc2F)nc2cc(Cl)ccc2c1=O. The van der Waals surface area contributed by atoms with Gasteiger partial charge in [0, 0.05) is 18.1 Å². The number of rotatable bonds is 9. The van der Waals surface area contributed by atoms with Gasteiger partial charge in [-0.25, -0.2) is 9.37 Å². The molecule has 3 aromatic rings. The molecule has 1 amide bonds. The lowest BCUT2D eigenvalue weighted by Gasteiger charge is -2.22. The monoisotopic (exact) mass is 486 g/mol. The summed E-state index contributed by atoms with van der Waals surface area (Å²) in [5, 5.41) is 10.3. The molecule has 3 rings (SSSR count). The maximum Gasteiger partial charge on any atom is 0.262 e. The molecule has 0 radical (unpaired) electrons. The summed E-state index contributed by atoms with van der Waals surface area (Å²) in [4.78, 5) is 32.1. The van der Waals surface area contributed by atoms with E-state index in [1.54, 1.807) is 28.8 Å². The highest BCUT2D eigenvalue weighted by molar-refractivity contribution is 7.99. The first-order valence-corrected chi connectivity index (χ1v) is 11.9. The minimum atomic E-state index is -0.541. The van der Waals surface area contributed by atoms with Gasteiger partial charge in [-0.15, -0.1) is 0 Å². The Kier molecular flexibility index (Phi) is 8.48. The lowest BCUT2D eigenvalue weighted by molar-refractivity contribution is -0.116. The van der Waals surface area contributed by atoms with Crippen LogP contribution in [0.5, 0.6) is 0 Å². The zero-order valence-corrected chi connectivity index (χ0v) is 20.0. The molecule has 1 aromatic heterocycles. The van der Waals surface area contributed by atoms with Crippen LogP contribution in [0, 0.1) is 23.1 Å². The van der Waals surface area contributed by atoms with E-state index in [-0.39, 0.29) is 35.9 Å². The zero-order chi connectivity index (χ0) is 24.0. The van der Waals surface area contributed by atoms with Crippen molar-refractivity contribution < 1.29 is 9.18 Å². The van der Waals surface area contributed by atoms with Gasteiger partial charge in [0.15, 0.2) is 5.16 Å². The number of benzene rings is 2. The van der Waals surface area contributed by atoms with E-state index in [9.17, 15) is 14.0 Å². The van der Waals surface area contributed by atoms with E-state index in [0.29, 0.717) is 33.5 Å². The molecule has 9 heteroatoms. The van der Waals surface area contributed by atoms with Crippen molar-refractivity contribution in [3.63, 3.8) is 0 Å². The van der Waals surface area contributed by atoms with Crippen LogP contribution in [0.4, 0.5) is 10.1 Å². The number of hydrogen-bond donors (Lipinski definition) is 0. The quantitative estimate of drug-likeness (QED) is 0.304. The Hall–Kier alpha value is -2.89. The van der Waals surface area contributed by atoms with Crippen molar-refractivity contribution in [2.75, 3.05) is 17.2 Å². The average Bonchev–Trinajstić information content (AvgIpc) is 2.78. The van der Waals surface area contributed by atoms with Crippen LogP contribution in [0.1, 0.15) is 26.7 Å². The van der Waals surface area contributed by atoms with Crippen LogP contribution in [-0.2, 0) is 11.3 Å². The lowest BCUT2D eigenvalue weighted by Crippen LogP contribution is -2.34. The van der Waals surface area contributed by atoms with E-state index < -0.39 is 5.82 Å². The molecule has 0 saturated heterocycles. The molecule has 172 valence electrons. The third-order valence-corrected chi connectivity index (χ3v) is 6.22. The average molecular weight is 487 g/mol. The molecule has 0 aliphatic carbocycles. The van der Waals surface area contributed by atoms with Crippen molar-refractivity contribution in [1.29, 1.82) is 5.26 Å². The molecule has 0 fully saturated rings. The van der Waals surface area contributed by atoms with Gasteiger partial charge in [-0.3, -0.25) is 14.2 Å². The number of nitriles is 1. The van der Waals surface area contributed by atoms with Crippen LogP contribution in [0.25, 0.3) is 10.9 Å². The van der Waals surface area contributed by atoms with E-state index in [1.807, 2.05) is 6.07 Å². The van der Waals surface area contributed by atoms with Crippen LogP contribution in [0.3, 0.4) is 0 Å². The first-order chi connectivity index (χ1) is 15.8. The maximum absolute atomic E-state index is 14.3. The molecule has 6 nitrogen and oxygen atoms in total. The molecule has 33 heavy (non-hydrogen) atoms. The fourth-order valence-electron chi connectivity index (χ4n) is 3.28. The number of amides is 1. The summed E-state index contributed by atoms with van der Waals surface area (Å²) in [6.45, 7) is 4.66.